The molecule has 15 heavy (non-hydrogen) atoms. The average Bonchev–Trinajstić information content (AvgIpc) is 2.55. The molecule has 0 fully saturated rings. The Bertz CT molecular complexity index is 528. The van der Waals surface area contributed by atoms with Crippen LogP contribution in [-0.4, -0.2) is 20.7 Å². The summed E-state index contributed by atoms with van der Waals surface area (Å²) < 4.78 is 1.79. The highest BCUT2D eigenvalue weighted by Crippen LogP contribution is 2.22. The van der Waals surface area contributed by atoms with Crippen LogP contribution in [0.2, 0.25) is 0 Å². The van der Waals surface area contributed by atoms with E-state index in [0.717, 1.165) is 5.52 Å². The zero-order chi connectivity index (χ0) is 11.0. The highest BCUT2D eigenvalue weighted by atomic mass is 16.4. The number of aryl methyl sites for hydroxylation is 1. The van der Waals surface area contributed by atoms with Crippen LogP contribution in [0.1, 0.15) is 16.1 Å². The van der Waals surface area contributed by atoms with Crippen molar-refractivity contribution in [3.05, 3.63) is 35.5 Å². The van der Waals surface area contributed by atoms with Gasteiger partial charge in [-0.2, -0.15) is 0 Å². The lowest BCUT2D eigenvalue weighted by Crippen LogP contribution is -1.97. The Morgan fingerprint density at radius 1 is 1.47 bits per heavy atom. The minimum atomic E-state index is -0.948. The smallest absolute Gasteiger partial charge is 0.336 e. The van der Waals surface area contributed by atoms with Gasteiger partial charge in [0.15, 0.2) is 0 Å². The van der Waals surface area contributed by atoms with Crippen molar-refractivity contribution in [2.75, 3.05) is 0 Å². The third kappa shape index (κ3) is 1.39. The standard InChI is InChI=1S/C11H11NO3/c1-12-7(6-13)5-9-8(11(14)15)3-2-4-10(9)12/h2-5,13H,6H2,1H3,(H,14,15). The highest BCUT2D eigenvalue weighted by Gasteiger charge is 2.12. The first kappa shape index (κ1) is 9.73. The summed E-state index contributed by atoms with van der Waals surface area (Å²) in [5.74, 6) is -0.948. The van der Waals surface area contributed by atoms with Gasteiger partial charge in [0, 0.05) is 23.6 Å². The van der Waals surface area contributed by atoms with Crippen molar-refractivity contribution in [1.82, 2.24) is 4.57 Å². The van der Waals surface area contributed by atoms with Gasteiger partial charge in [-0.15, -0.1) is 0 Å². The summed E-state index contributed by atoms with van der Waals surface area (Å²) in [4.78, 5) is 11.0. The van der Waals surface area contributed by atoms with Gasteiger partial charge in [0.1, 0.15) is 0 Å². The Balaban J connectivity index is 2.81. The minimum absolute atomic E-state index is 0.0930. The second-order valence-electron chi connectivity index (χ2n) is 3.40. The molecule has 1 aromatic heterocycles. The molecule has 2 N–H and O–H groups in total. The summed E-state index contributed by atoms with van der Waals surface area (Å²) in [6, 6.07) is 6.80. The Hall–Kier alpha value is -1.81. The first-order valence-electron chi connectivity index (χ1n) is 4.56. The summed E-state index contributed by atoms with van der Waals surface area (Å²) >= 11 is 0. The summed E-state index contributed by atoms with van der Waals surface area (Å²) in [6.07, 6.45) is 0. The molecule has 1 heterocycles. The van der Waals surface area contributed by atoms with Crippen LogP contribution in [0.25, 0.3) is 10.9 Å². The molecule has 1 aromatic carbocycles. The molecule has 2 rings (SSSR count). The number of nitrogens with zero attached hydrogens (tertiary/aromatic N) is 1. The summed E-state index contributed by atoms with van der Waals surface area (Å²) in [7, 11) is 1.81. The molecular formula is C11H11NO3. The maximum absolute atomic E-state index is 11.0. The fourth-order valence-electron chi connectivity index (χ4n) is 1.75. The van der Waals surface area contributed by atoms with E-state index in [2.05, 4.69) is 0 Å². The van der Waals surface area contributed by atoms with E-state index >= 15 is 0 Å². The Kier molecular flexibility index (Phi) is 2.21. The van der Waals surface area contributed by atoms with Crippen LogP contribution in [0, 0.1) is 0 Å². The van der Waals surface area contributed by atoms with Crippen molar-refractivity contribution >= 4 is 16.9 Å². The predicted octanol–water partition coefficient (Wildman–Crippen LogP) is 1.37. The SMILES string of the molecule is Cn1c(CO)cc2c(C(=O)O)cccc21. The van der Waals surface area contributed by atoms with Crippen molar-refractivity contribution in [2.45, 2.75) is 6.61 Å². The molecule has 0 unspecified atom stereocenters. The molecule has 0 saturated heterocycles. The maximum atomic E-state index is 11.0. The number of carboxylic acids is 1. The number of aliphatic hydroxyl groups excluding tert-OH is 1. The number of aromatic nitrogens is 1. The van der Waals surface area contributed by atoms with Crippen LogP contribution in [0.5, 0.6) is 0 Å². The van der Waals surface area contributed by atoms with Crippen LogP contribution in [0.4, 0.5) is 0 Å². The second-order valence-corrected chi connectivity index (χ2v) is 3.40. The zero-order valence-corrected chi connectivity index (χ0v) is 8.27. The molecule has 0 spiro atoms. The summed E-state index contributed by atoms with van der Waals surface area (Å²) in [5.41, 5.74) is 1.79. The maximum Gasteiger partial charge on any atom is 0.336 e. The number of rotatable bonds is 2. The van der Waals surface area contributed by atoms with Crippen LogP contribution in [-0.2, 0) is 13.7 Å². The molecule has 0 amide bonds. The third-order valence-corrected chi connectivity index (χ3v) is 2.58. The fraction of sp³-hybridized carbons (Fsp3) is 0.182. The molecule has 0 aliphatic heterocycles. The molecule has 0 saturated carbocycles. The van der Waals surface area contributed by atoms with Gasteiger partial charge in [-0.05, 0) is 18.2 Å². The van der Waals surface area contributed by atoms with Crippen molar-refractivity contribution < 1.29 is 15.0 Å². The average molecular weight is 205 g/mol. The normalized spacial score (nSPS) is 10.8. The van der Waals surface area contributed by atoms with Crippen molar-refractivity contribution in [1.29, 1.82) is 0 Å². The van der Waals surface area contributed by atoms with Crippen molar-refractivity contribution in [3.8, 4) is 0 Å². The number of aliphatic hydroxyl groups is 1. The molecule has 0 aliphatic rings. The molecule has 0 atom stereocenters. The largest absolute Gasteiger partial charge is 0.478 e. The van der Waals surface area contributed by atoms with E-state index in [1.54, 1.807) is 29.8 Å². The van der Waals surface area contributed by atoms with Crippen LogP contribution < -0.4 is 0 Å². The van der Waals surface area contributed by atoms with Gasteiger partial charge in [0.25, 0.3) is 0 Å². The van der Waals surface area contributed by atoms with Gasteiger partial charge < -0.3 is 14.8 Å². The summed E-state index contributed by atoms with van der Waals surface area (Å²) in [6.45, 7) is -0.0930. The number of aromatic carboxylic acids is 1. The molecule has 0 radical (unpaired) electrons. The van der Waals surface area contributed by atoms with Gasteiger partial charge >= 0.3 is 5.97 Å². The third-order valence-electron chi connectivity index (χ3n) is 2.58. The zero-order valence-electron chi connectivity index (χ0n) is 8.27. The first-order chi connectivity index (χ1) is 7.15. The molecular weight excluding hydrogens is 194 g/mol. The van der Waals surface area contributed by atoms with Crippen LogP contribution in [0.3, 0.4) is 0 Å². The monoisotopic (exact) mass is 205 g/mol. The molecule has 4 nitrogen and oxygen atoms in total. The van der Waals surface area contributed by atoms with E-state index < -0.39 is 5.97 Å². The topological polar surface area (TPSA) is 62.5 Å². The van der Waals surface area contributed by atoms with E-state index in [1.165, 1.54) is 0 Å². The fourth-order valence-corrected chi connectivity index (χ4v) is 1.75. The van der Waals surface area contributed by atoms with Gasteiger partial charge in [0.2, 0.25) is 0 Å². The Morgan fingerprint density at radius 3 is 2.80 bits per heavy atom. The van der Waals surface area contributed by atoms with Crippen molar-refractivity contribution in [3.63, 3.8) is 0 Å². The number of carboxylic acid groups (broad SMARTS) is 1. The number of hydrogen-bond donors (Lipinski definition) is 2. The number of fused-ring (bicyclic) bond motifs is 1. The van der Waals surface area contributed by atoms with E-state index in [1.807, 2.05) is 6.07 Å². The van der Waals surface area contributed by atoms with Gasteiger partial charge in [-0.3, -0.25) is 0 Å². The van der Waals surface area contributed by atoms with Crippen molar-refractivity contribution in [2.24, 2.45) is 7.05 Å². The minimum Gasteiger partial charge on any atom is -0.478 e. The lowest BCUT2D eigenvalue weighted by Gasteiger charge is -2.00. The summed E-state index contributed by atoms with van der Waals surface area (Å²) in [5, 5.41) is 18.7. The predicted molar refractivity (Wildman–Crippen MR) is 55.8 cm³/mol. The Morgan fingerprint density at radius 2 is 2.20 bits per heavy atom. The highest BCUT2D eigenvalue weighted by molar-refractivity contribution is 6.03. The number of benzene rings is 1. The van der Waals surface area contributed by atoms with Crippen LogP contribution in [0.15, 0.2) is 24.3 Å². The van der Waals surface area contributed by atoms with Gasteiger partial charge in [-0.25, -0.2) is 4.79 Å². The van der Waals surface area contributed by atoms with E-state index in [-0.39, 0.29) is 12.2 Å². The molecule has 78 valence electrons. The molecule has 4 heteroatoms. The number of carbonyl (C=O) groups is 1. The van der Waals surface area contributed by atoms with E-state index in [9.17, 15) is 4.79 Å². The molecule has 0 bridgehead atoms. The Labute approximate surface area is 86.4 Å². The number of hydrogen-bond acceptors (Lipinski definition) is 2. The lowest BCUT2D eigenvalue weighted by atomic mass is 10.1. The molecule has 2 aromatic rings. The van der Waals surface area contributed by atoms with Crippen LogP contribution >= 0.6 is 0 Å². The second kappa shape index (κ2) is 3.40. The van der Waals surface area contributed by atoms with Gasteiger partial charge in [-0.1, -0.05) is 6.07 Å². The van der Waals surface area contributed by atoms with E-state index in [4.69, 9.17) is 10.2 Å². The quantitative estimate of drug-likeness (QED) is 0.778. The first-order valence-corrected chi connectivity index (χ1v) is 4.56. The van der Waals surface area contributed by atoms with Gasteiger partial charge in [0.05, 0.1) is 12.2 Å². The molecule has 0 aliphatic carbocycles. The van der Waals surface area contributed by atoms with E-state index in [0.29, 0.717) is 11.1 Å². The lowest BCUT2D eigenvalue weighted by molar-refractivity contribution is 0.0699.